The number of nitrogens with one attached hydrogen (secondary N) is 1. The highest BCUT2D eigenvalue weighted by molar-refractivity contribution is 7.19. The standard InChI is InChI=1S/C14H17NO3S/c1-14(17,9-15-13(16)8-18-2)12-7-10-5-3-4-6-11(10)19-12/h3-7,17H,8-9H2,1-2H3,(H,15,16). The number of thiophene rings is 1. The molecule has 0 saturated carbocycles. The van der Waals surface area contributed by atoms with Crippen LogP contribution in [0, 0.1) is 0 Å². The van der Waals surface area contributed by atoms with Crippen molar-refractivity contribution in [1.82, 2.24) is 5.32 Å². The molecular weight excluding hydrogens is 262 g/mol. The Hall–Kier alpha value is -1.43. The van der Waals surface area contributed by atoms with Crippen molar-refractivity contribution >= 4 is 27.3 Å². The molecule has 0 bridgehead atoms. The summed E-state index contributed by atoms with van der Waals surface area (Å²) in [5.74, 6) is -0.233. The van der Waals surface area contributed by atoms with Crippen molar-refractivity contribution in [2.24, 2.45) is 0 Å². The third kappa shape index (κ3) is 3.32. The van der Waals surface area contributed by atoms with Crippen LogP contribution in [0.4, 0.5) is 0 Å². The van der Waals surface area contributed by atoms with Gasteiger partial charge in [0.05, 0.1) is 6.54 Å². The Labute approximate surface area is 116 Å². The van der Waals surface area contributed by atoms with Gasteiger partial charge in [-0.2, -0.15) is 0 Å². The predicted octanol–water partition coefficient (Wildman–Crippen LogP) is 1.87. The van der Waals surface area contributed by atoms with Crippen molar-refractivity contribution < 1.29 is 14.6 Å². The number of fused-ring (bicyclic) bond motifs is 1. The van der Waals surface area contributed by atoms with Gasteiger partial charge in [0.15, 0.2) is 0 Å². The zero-order chi connectivity index (χ0) is 13.9. The van der Waals surface area contributed by atoms with Crippen molar-refractivity contribution in [2.75, 3.05) is 20.3 Å². The molecule has 0 spiro atoms. The summed E-state index contributed by atoms with van der Waals surface area (Å²) in [5, 5.41) is 14.2. The molecule has 0 aliphatic rings. The number of hydrogen-bond acceptors (Lipinski definition) is 4. The van der Waals surface area contributed by atoms with Gasteiger partial charge < -0.3 is 15.2 Å². The van der Waals surface area contributed by atoms with Crippen LogP contribution >= 0.6 is 11.3 Å². The van der Waals surface area contributed by atoms with Gasteiger partial charge in [-0.3, -0.25) is 4.79 Å². The van der Waals surface area contributed by atoms with Gasteiger partial charge in [-0.25, -0.2) is 0 Å². The molecule has 0 saturated heterocycles. The molecular formula is C14H17NO3S. The lowest BCUT2D eigenvalue weighted by atomic mass is 10.0. The van der Waals surface area contributed by atoms with Crippen LogP contribution in [0.3, 0.4) is 0 Å². The lowest BCUT2D eigenvalue weighted by Gasteiger charge is -2.22. The molecule has 0 radical (unpaired) electrons. The molecule has 0 aliphatic heterocycles. The van der Waals surface area contributed by atoms with Gasteiger partial charge in [0.25, 0.3) is 0 Å². The average molecular weight is 279 g/mol. The van der Waals surface area contributed by atoms with Crippen LogP contribution in [0.25, 0.3) is 10.1 Å². The van der Waals surface area contributed by atoms with E-state index < -0.39 is 5.60 Å². The third-order valence-corrected chi connectivity index (χ3v) is 4.23. The first kappa shape index (κ1) is 14.0. The number of aliphatic hydroxyl groups is 1. The number of hydrogen-bond donors (Lipinski definition) is 2. The minimum absolute atomic E-state index is 0.00248. The Kier molecular flexibility index (Phi) is 4.19. The van der Waals surface area contributed by atoms with E-state index in [4.69, 9.17) is 4.74 Å². The van der Waals surface area contributed by atoms with Crippen molar-refractivity contribution in [1.29, 1.82) is 0 Å². The Balaban J connectivity index is 2.12. The SMILES string of the molecule is COCC(=O)NCC(C)(O)c1cc2ccccc2s1. The molecule has 0 aliphatic carbocycles. The van der Waals surface area contributed by atoms with E-state index in [1.54, 1.807) is 6.92 Å². The van der Waals surface area contributed by atoms with E-state index in [-0.39, 0.29) is 19.1 Å². The molecule has 1 atom stereocenters. The molecule has 1 amide bonds. The van der Waals surface area contributed by atoms with Gasteiger partial charge in [0, 0.05) is 16.7 Å². The fourth-order valence-corrected chi connectivity index (χ4v) is 2.89. The zero-order valence-electron chi connectivity index (χ0n) is 11.0. The minimum Gasteiger partial charge on any atom is -0.383 e. The first-order valence-electron chi connectivity index (χ1n) is 6.00. The molecule has 2 rings (SSSR count). The number of rotatable bonds is 5. The van der Waals surface area contributed by atoms with E-state index in [1.165, 1.54) is 18.4 Å². The number of carbonyl (C=O) groups is 1. The summed E-state index contributed by atoms with van der Waals surface area (Å²) < 4.78 is 5.86. The van der Waals surface area contributed by atoms with E-state index in [0.717, 1.165) is 15.0 Å². The summed E-state index contributed by atoms with van der Waals surface area (Å²) in [5.41, 5.74) is -1.08. The zero-order valence-corrected chi connectivity index (χ0v) is 11.8. The normalized spacial score (nSPS) is 14.3. The van der Waals surface area contributed by atoms with E-state index >= 15 is 0 Å². The first-order valence-corrected chi connectivity index (χ1v) is 6.81. The van der Waals surface area contributed by atoms with Crippen molar-refractivity contribution in [2.45, 2.75) is 12.5 Å². The first-order chi connectivity index (χ1) is 9.03. The number of ether oxygens (including phenoxy) is 1. The van der Waals surface area contributed by atoms with E-state index in [9.17, 15) is 9.90 Å². The van der Waals surface area contributed by atoms with Crippen LogP contribution in [-0.4, -0.2) is 31.3 Å². The highest BCUT2D eigenvalue weighted by atomic mass is 32.1. The molecule has 5 heteroatoms. The van der Waals surface area contributed by atoms with E-state index in [1.807, 2.05) is 30.3 Å². The molecule has 1 aromatic heterocycles. The third-order valence-electron chi connectivity index (χ3n) is 2.86. The van der Waals surface area contributed by atoms with Gasteiger partial charge in [-0.05, 0) is 24.4 Å². The molecule has 2 aromatic rings. The topological polar surface area (TPSA) is 58.6 Å². The van der Waals surface area contributed by atoms with Crippen molar-refractivity contribution in [3.63, 3.8) is 0 Å². The van der Waals surface area contributed by atoms with Gasteiger partial charge in [0.1, 0.15) is 12.2 Å². The highest BCUT2D eigenvalue weighted by Crippen LogP contribution is 2.32. The van der Waals surface area contributed by atoms with Gasteiger partial charge in [-0.15, -0.1) is 11.3 Å². The van der Waals surface area contributed by atoms with Gasteiger partial charge in [0.2, 0.25) is 5.91 Å². The Bertz CT molecular complexity index is 544. The molecule has 4 nitrogen and oxygen atoms in total. The quantitative estimate of drug-likeness (QED) is 0.878. The summed E-state index contributed by atoms with van der Waals surface area (Å²) in [6.07, 6.45) is 0. The molecule has 1 unspecified atom stereocenters. The Morgan fingerprint density at radius 1 is 1.47 bits per heavy atom. The van der Waals surface area contributed by atoms with Gasteiger partial charge >= 0.3 is 0 Å². The Morgan fingerprint density at radius 2 is 2.21 bits per heavy atom. The van der Waals surface area contributed by atoms with Crippen molar-refractivity contribution in [3.05, 3.63) is 35.2 Å². The molecule has 1 aromatic carbocycles. The number of carbonyl (C=O) groups excluding carboxylic acids is 1. The molecule has 19 heavy (non-hydrogen) atoms. The summed E-state index contributed by atoms with van der Waals surface area (Å²) in [4.78, 5) is 12.2. The molecule has 1 heterocycles. The molecule has 0 fully saturated rings. The largest absolute Gasteiger partial charge is 0.383 e. The van der Waals surface area contributed by atoms with Crippen LogP contribution in [0.1, 0.15) is 11.8 Å². The summed E-state index contributed by atoms with van der Waals surface area (Å²) in [6.45, 7) is 1.87. The van der Waals surface area contributed by atoms with Crippen LogP contribution in [-0.2, 0) is 15.1 Å². The average Bonchev–Trinajstić information content (AvgIpc) is 2.81. The summed E-state index contributed by atoms with van der Waals surface area (Å²) >= 11 is 1.54. The lowest BCUT2D eigenvalue weighted by molar-refractivity contribution is -0.125. The number of methoxy groups -OCH3 is 1. The maximum absolute atomic E-state index is 11.3. The van der Waals surface area contributed by atoms with Crippen LogP contribution in [0.15, 0.2) is 30.3 Å². The maximum Gasteiger partial charge on any atom is 0.246 e. The van der Waals surface area contributed by atoms with Crippen LogP contribution < -0.4 is 5.32 Å². The van der Waals surface area contributed by atoms with E-state index in [0.29, 0.717) is 0 Å². The monoisotopic (exact) mass is 279 g/mol. The summed E-state index contributed by atoms with van der Waals surface area (Å²) in [7, 11) is 1.46. The molecule has 102 valence electrons. The van der Waals surface area contributed by atoms with Gasteiger partial charge in [-0.1, -0.05) is 18.2 Å². The smallest absolute Gasteiger partial charge is 0.246 e. The number of amides is 1. The second kappa shape index (κ2) is 5.69. The predicted molar refractivity (Wildman–Crippen MR) is 76.3 cm³/mol. The molecule has 2 N–H and O–H groups in total. The van der Waals surface area contributed by atoms with Crippen LogP contribution in [0.5, 0.6) is 0 Å². The maximum atomic E-state index is 11.3. The van der Waals surface area contributed by atoms with E-state index in [2.05, 4.69) is 5.32 Å². The van der Waals surface area contributed by atoms with Crippen molar-refractivity contribution in [3.8, 4) is 0 Å². The highest BCUT2D eigenvalue weighted by Gasteiger charge is 2.26. The fourth-order valence-electron chi connectivity index (χ4n) is 1.79. The fraction of sp³-hybridized carbons (Fsp3) is 0.357. The minimum atomic E-state index is -1.08. The summed E-state index contributed by atoms with van der Waals surface area (Å²) in [6, 6.07) is 9.92. The second-order valence-electron chi connectivity index (χ2n) is 4.63. The Morgan fingerprint density at radius 3 is 2.89 bits per heavy atom. The second-order valence-corrected chi connectivity index (χ2v) is 5.72. The lowest BCUT2D eigenvalue weighted by Crippen LogP contribution is -2.39. The van der Waals surface area contributed by atoms with Crippen LogP contribution in [0.2, 0.25) is 0 Å². The number of benzene rings is 1.